The molecule has 14 heavy (non-hydrogen) atoms. The van der Waals surface area contributed by atoms with Crippen LogP contribution in [-0.4, -0.2) is 30.6 Å². The molecule has 2 fully saturated rings. The number of hydrogen-bond acceptors (Lipinski definition) is 2. The second-order valence-corrected chi connectivity index (χ2v) is 5.29. The number of hydrogen-bond donors (Lipinski definition) is 1. The van der Waals surface area contributed by atoms with E-state index in [-0.39, 0.29) is 0 Å². The van der Waals surface area contributed by atoms with Crippen molar-refractivity contribution in [2.75, 3.05) is 19.6 Å². The quantitative estimate of drug-likeness (QED) is 0.746. The summed E-state index contributed by atoms with van der Waals surface area (Å²) in [6, 6.07) is 0.397. The molecule has 0 amide bonds. The van der Waals surface area contributed by atoms with Crippen molar-refractivity contribution in [2.45, 2.75) is 45.1 Å². The van der Waals surface area contributed by atoms with Gasteiger partial charge < -0.3 is 10.6 Å². The Balaban J connectivity index is 1.83. The van der Waals surface area contributed by atoms with Crippen molar-refractivity contribution >= 4 is 0 Å². The minimum absolute atomic E-state index is 0.397. The van der Waals surface area contributed by atoms with Crippen LogP contribution in [0.1, 0.15) is 39.0 Å². The molecule has 1 heterocycles. The van der Waals surface area contributed by atoms with E-state index in [2.05, 4.69) is 11.8 Å². The van der Waals surface area contributed by atoms with E-state index in [0.29, 0.717) is 6.04 Å². The van der Waals surface area contributed by atoms with Crippen LogP contribution in [0.5, 0.6) is 0 Å². The van der Waals surface area contributed by atoms with Crippen LogP contribution < -0.4 is 5.73 Å². The minimum Gasteiger partial charge on any atom is -0.327 e. The highest BCUT2D eigenvalue weighted by Gasteiger charge is 2.30. The summed E-state index contributed by atoms with van der Waals surface area (Å²) in [7, 11) is 0. The van der Waals surface area contributed by atoms with Crippen molar-refractivity contribution in [1.29, 1.82) is 0 Å². The molecular formula is C12H24N2. The lowest BCUT2D eigenvalue weighted by molar-refractivity contribution is 0.0814. The summed E-state index contributed by atoms with van der Waals surface area (Å²) < 4.78 is 0. The number of rotatable bonds is 3. The molecule has 82 valence electrons. The van der Waals surface area contributed by atoms with Gasteiger partial charge in [-0.2, -0.15) is 0 Å². The normalized spacial score (nSPS) is 35.6. The molecule has 3 unspecified atom stereocenters. The van der Waals surface area contributed by atoms with Crippen molar-refractivity contribution in [1.82, 2.24) is 4.90 Å². The second-order valence-electron chi connectivity index (χ2n) is 5.29. The summed E-state index contributed by atoms with van der Waals surface area (Å²) in [5.41, 5.74) is 6.01. The Morgan fingerprint density at radius 1 is 1.29 bits per heavy atom. The third-order valence-electron chi connectivity index (χ3n) is 3.94. The maximum atomic E-state index is 6.01. The Hall–Kier alpha value is -0.0800. The zero-order chi connectivity index (χ0) is 9.97. The van der Waals surface area contributed by atoms with Crippen molar-refractivity contribution in [3.63, 3.8) is 0 Å². The number of likely N-dealkylation sites (tertiary alicyclic amines) is 1. The van der Waals surface area contributed by atoms with Gasteiger partial charge in [0.1, 0.15) is 0 Å². The Labute approximate surface area is 87.8 Å². The number of fused-ring (bicyclic) bond motifs is 2. The molecule has 1 saturated carbocycles. The Bertz CT molecular complexity index is 166. The molecule has 1 aliphatic carbocycles. The van der Waals surface area contributed by atoms with Gasteiger partial charge >= 0.3 is 0 Å². The number of nitrogens with two attached hydrogens (primary N) is 1. The molecule has 0 aromatic heterocycles. The zero-order valence-corrected chi connectivity index (χ0v) is 9.41. The summed E-state index contributed by atoms with van der Waals surface area (Å²) in [6.45, 7) is 5.97. The van der Waals surface area contributed by atoms with Crippen molar-refractivity contribution in [3.8, 4) is 0 Å². The molecule has 2 rings (SSSR count). The van der Waals surface area contributed by atoms with E-state index in [0.717, 1.165) is 24.8 Å². The van der Waals surface area contributed by atoms with Crippen LogP contribution in [-0.2, 0) is 0 Å². The smallest absolute Gasteiger partial charge is 0.0165 e. The lowest BCUT2D eigenvalue weighted by Crippen LogP contribution is -2.47. The van der Waals surface area contributed by atoms with Crippen LogP contribution in [0, 0.1) is 11.8 Å². The summed E-state index contributed by atoms with van der Waals surface area (Å²) in [5.74, 6) is 1.98. The number of piperidine rings is 1. The maximum Gasteiger partial charge on any atom is 0.0165 e. The van der Waals surface area contributed by atoms with Gasteiger partial charge in [-0.3, -0.25) is 0 Å². The van der Waals surface area contributed by atoms with Crippen LogP contribution in [0.4, 0.5) is 0 Å². The van der Waals surface area contributed by atoms with Gasteiger partial charge in [0.15, 0.2) is 0 Å². The van der Waals surface area contributed by atoms with Gasteiger partial charge in [0.2, 0.25) is 0 Å². The SMILES string of the molecule is CCC(N)CN1CC2CCCC(C2)C1. The fourth-order valence-electron chi connectivity index (χ4n) is 3.15. The summed E-state index contributed by atoms with van der Waals surface area (Å²) in [4.78, 5) is 2.62. The first-order valence-electron chi connectivity index (χ1n) is 6.26. The number of nitrogens with zero attached hydrogens (tertiary/aromatic N) is 1. The standard InChI is InChI=1S/C12H24N2/c1-2-12(13)9-14-7-10-4-3-5-11(6-10)8-14/h10-12H,2-9,13H2,1H3. The third-order valence-corrected chi connectivity index (χ3v) is 3.94. The van der Waals surface area contributed by atoms with E-state index in [4.69, 9.17) is 5.73 Å². The molecule has 2 nitrogen and oxygen atoms in total. The molecule has 2 aliphatic rings. The van der Waals surface area contributed by atoms with E-state index in [1.54, 1.807) is 0 Å². The lowest BCUT2D eigenvalue weighted by atomic mass is 9.78. The van der Waals surface area contributed by atoms with Crippen LogP contribution in [0.3, 0.4) is 0 Å². The first kappa shape index (κ1) is 10.4. The average Bonchev–Trinajstić information content (AvgIpc) is 2.17. The first-order chi connectivity index (χ1) is 6.78. The molecule has 0 radical (unpaired) electrons. The maximum absolute atomic E-state index is 6.01. The van der Waals surface area contributed by atoms with Crippen molar-refractivity contribution in [2.24, 2.45) is 17.6 Å². The van der Waals surface area contributed by atoms with E-state index in [1.807, 2.05) is 0 Å². The average molecular weight is 196 g/mol. The molecule has 1 aliphatic heterocycles. The second kappa shape index (κ2) is 4.63. The summed E-state index contributed by atoms with van der Waals surface area (Å²) in [6.07, 6.45) is 7.02. The largest absolute Gasteiger partial charge is 0.327 e. The molecular weight excluding hydrogens is 172 g/mol. The zero-order valence-electron chi connectivity index (χ0n) is 9.41. The fourth-order valence-corrected chi connectivity index (χ4v) is 3.15. The van der Waals surface area contributed by atoms with Gasteiger partial charge in [-0.15, -0.1) is 0 Å². The van der Waals surface area contributed by atoms with E-state index >= 15 is 0 Å². The molecule has 1 saturated heterocycles. The monoisotopic (exact) mass is 196 g/mol. The Morgan fingerprint density at radius 3 is 2.50 bits per heavy atom. The van der Waals surface area contributed by atoms with Gasteiger partial charge in [-0.05, 0) is 37.5 Å². The molecule has 2 bridgehead atoms. The Morgan fingerprint density at radius 2 is 1.93 bits per heavy atom. The minimum atomic E-state index is 0.397. The van der Waals surface area contributed by atoms with Gasteiger partial charge in [0.05, 0.1) is 0 Å². The fraction of sp³-hybridized carbons (Fsp3) is 1.00. The summed E-state index contributed by atoms with van der Waals surface area (Å²) >= 11 is 0. The predicted octanol–water partition coefficient (Wildman–Crippen LogP) is 1.85. The van der Waals surface area contributed by atoms with Gasteiger partial charge in [-0.1, -0.05) is 13.3 Å². The third kappa shape index (κ3) is 2.48. The molecule has 0 aromatic carbocycles. The van der Waals surface area contributed by atoms with Crippen LogP contribution in [0.2, 0.25) is 0 Å². The van der Waals surface area contributed by atoms with E-state index < -0.39 is 0 Å². The van der Waals surface area contributed by atoms with E-state index in [9.17, 15) is 0 Å². The van der Waals surface area contributed by atoms with Gasteiger partial charge in [0.25, 0.3) is 0 Å². The molecule has 3 atom stereocenters. The highest BCUT2D eigenvalue weighted by atomic mass is 15.1. The lowest BCUT2D eigenvalue weighted by Gasteiger charge is -2.42. The molecule has 2 heteroatoms. The topological polar surface area (TPSA) is 29.3 Å². The van der Waals surface area contributed by atoms with Gasteiger partial charge in [-0.25, -0.2) is 0 Å². The van der Waals surface area contributed by atoms with Gasteiger partial charge in [0, 0.05) is 25.7 Å². The predicted molar refractivity (Wildman–Crippen MR) is 60.2 cm³/mol. The van der Waals surface area contributed by atoms with E-state index in [1.165, 1.54) is 38.8 Å². The molecule has 2 N–H and O–H groups in total. The first-order valence-corrected chi connectivity index (χ1v) is 6.26. The van der Waals surface area contributed by atoms with Crippen molar-refractivity contribution in [3.05, 3.63) is 0 Å². The van der Waals surface area contributed by atoms with Crippen LogP contribution in [0.15, 0.2) is 0 Å². The highest BCUT2D eigenvalue weighted by Crippen LogP contribution is 2.34. The summed E-state index contributed by atoms with van der Waals surface area (Å²) in [5, 5.41) is 0. The molecule has 0 aromatic rings. The highest BCUT2D eigenvalue weighted by molar-refractivity contribution is 4.84. The van der Waals surface area contributed by atoms with Crippen LogP contribution in [0.25, 0.3) is 0 Å². The Kier molecular flexibility index (Phi) is 3.45. The molecule has 0 spiro atoms. The van der Waals surface area contributed by atoms with Crippen LogP contribution >= 0.6 is 0 Å². The van der Waals surface area contributed by atoms with Crippen molar-refractivity contribution < 1.29 is 0 Å².